The number of benzene rings is 2. The van der Waals surface area contributed by atoms with E-state index in [1.165, 1.54) is 30.7 Å². The Morgan fingerprint density at radius 2 is 2.03 bits per heavy atom. The molecule has 1 atom stereocenters. The molecule has 1 aromatic heterocycles. The van der Waals surface area contributed by atoms with Gasteiger partial charge in [-0.25, -0.2) is 14.4 Å². The van der Waals surface area contributed by atoms with E-state index in [4.69, 9.17) is 10.1 Å². The van der Waals surface area contributed by atoms with E-state index < -0.39 is 5.82 Å². The molecule has 162 valence electrons. The van der Waals surface area contributed by atoms with Crippen LogP contribution in [0.1, 0.15) is 17.5 Å². The normalized spacial score (nSPS) is 15.3. The highest BCUT2D eigenvalue weighted by atomic mass is 19.1. The number of hydrogen-bond acceptors (Lipinski definition) is 6. The molecule has 0 spiro atoms. The maximum absolute atomic E-state index is 14.9. The van der Waals surface area contributed by atoms with Crippen molar-refractivity contribution in [1.29, 1.82) is 5.41 Å². The zero-order valence-corrected chi connectivity index (χ0v) is 17.3. The Bertz CT molecular complexity index is 1150. The highest BCUT2D eigenvalue weighted by molar-refractivity contribution is 6.13. The number of likely N-dealkylation sites (tertiary alicyclic amines) is 1. The summed E-state index contributed by atoms with van der Waals surface area (Å²) in [7, 11) is 0. The minimum absolute atomic E-state index is 0.0353. The molecule has 8 heteroatoms. The Hall–Kier alpha value is -4.07. The summed E-state index contributed by atoms with van der Waals surface area (Å²) in [6, 6.07) is 13.4. The number of rotatable bonds is 7. The summed E-state index contributed by atoms with van der Waals surface area (Å²) in [4.78, 5) is 21.8. The molecular formula is C24H22FN5O2. The van der Waals surface area contributed by atoms with Gasteiger partial charge in [0.15, 0.2) is 0 Å². The Balaban J connectivity index is 1.51. The minimum Gasteiger partial charge on any atom is -0.457 e. The van der Waals surface area contributed by atoms with Crippen molar-refractivity contribution in [3.8, 4) is 11.5 Å². The summed E-state index contributed by atoms with van der Waals surface area (Å²) in [5.41, 5.74) is 0.434. The van der Waals surface area contributed by atoms with Crippen molar-refractivity contribution < 1.29 is 13.9 Å². The second kappa shape index (κ2) is 9.38. The topological polar surface area (TPSA) is 91.2 Å². The molecule has 4 rings (SSSR count). The molecular weight excluding hydrogens is 409 g/mol. The fourth-order valence-corrected chi connectivity index (χ4v) is 3.56. The lowest BCUT2D eigenvalue weighted by atomic mass is 10.0. The Kier molecular flexibility index (Phi) is 6.21. The number of carbonyl (C=O) groups is 1. The van der Waals surface area contributed by atoms with Gasteiger partial charge in [-0.05, 0) is 36.8 Å². The number of nitrogens with one attached hydrogen (secondary N) is 2. The molecule has 2 aromatic carbocycles. The molecule has 7 nitrogen and oxygen atoms in total. The maximum Gasteiger partial charge on any atom is 0.246 e. The van der Waals surface area contributed by atoms with Crippen LogP contribution in [0.4, 0.5) is 10.2 Å². The van der Waals surface area contributed by atoms with Crippen LogP contribution in [0.3, 0.4) is 0 Å². The van der Waals surface area contributed by atoms with Crippen LogP contribution in [0.2, 0.25) is 0 Å². The van der Waals surface area contributed by atoms with Crippen LogP contribution in [0, 0.1) is 11.2 Å². The number of halogens is 1. The van der Waals surface area contributed by atoms with Gasteiger partial charge in [-0.3, -0.25) is 10.2 Å². The van der Waals surface area contributed by atoms with Crippen LogP contribution in [-0.4, -0.2) is 45.6 Å². The summed E-state index contributed by atoms with van der Waals surface area (Å²) < 4.78 is 20.5. The zero-order chi connectivity index (χ0) is 22.5. The first-order chi connectivity index (χ1) is 15.5. The molecule has 1 unspecified atom stereocenters. The molecule has 0 bridgehead atoms. The molecule has 0 aliphatic carbocycles. The number of anilines is 1. The minimum atomic E-state index is -0.582. The first kappa shape index (κ1) is 21.2. The largest absolute Gasteiger partial charge is 0.457 e. The average Bonchev–Trinajstić information content (AvgIpc) is 3.28. The fourth-order valence-electron chi connectivity index (χ4n) is 3.56. The average molecular weight is 431 g/mol. The van der Waals surface area contributed by atoms with E-state index in [-0.39, 0.29) is 23.2 Å². The smallest absolute Gasteiger partial charge is 0.246 e. The second-order valence-electron chi connectivity index (χ2n) is 7.34. The van der Waals surface area contributed by atoms with Crippen molar-refractivity contribution in [3.05, 3.63) is 90.7 Å². The molecule has 1 amide bonds. The predicted octanol–water partition coefficient (Wildman–Crippen LogP) is 4.02. The monoisotopic (exact) mass is 431 g/mol. The van der Waals surface area contributed by atoms with Gasteiger partial charge in [0.25, 0.3) is 0 Å². The Labute approximate surface area is 185 Å². The van der Waals surface area contributed by atoms with E-state index >= 15 is 0 Å². The van der Waals surface area contributed by atoms with Gasteiger partial charge in [0, 0.05) is 37.0 Å². The highest BCUT2D eigenvalue weighted by Crippen LogP contribution is 2.26. The maximum atomic E-state index is 14.9. The molecule has 1 saturated heterocycles. The molecule has 0 saturated carbocycles. The summed E-state index contributed by atoms with van der Waals surface area (Å²) in [5.74, 6) is 0.655. The third-order valence-corrected chi connectivity index (χ3v) is 5.19. The van der Waals surface area contributed by atoms with Crippen LogP contribution in [0.15, 0.2) is 73.7 Å². The molecule has 1 aliphatic heterocycles. The lowest BCUT2D eigenvalue weighted by Gasteiger charge is -2.18. The lowest BCUT2D eigenvalue weighted by molar-refractivity contribution is -0.125. The van der Waals surface area contributed by atoms with Gasteiger partial charge in [-0.15, -0.1) is 0 Å². The number of amides is 1. The molecule has 0 radical (unpaired) electrons. The molecule has 3 aromatic rings. The van der Waals surface area contributed by atoms with Crippen molar-refractivity contribution >= 4 is 17.4 Å². The van der Waals surface area contributed by atoms with E-state index in [0.717, 1.165) is 6.42 Å². The Morgan fingerprint density at radius 3 is 2.78 bits per heavy atom. The van der Waals surface area contributed by atoms with E-state index in [9.17, 15) is 9.18 Å². The number of ether oxygens (including phenoxy) is 1. The summed E-state index contributed by atoms with van der Waals surface area (Å²) in [5, 5.41) is 11.8. The molecule has 1 aliphatic rings. The molecule has 1 fully saturated rings. The predicted molar refractivity (Wildman–Crippen MR) is 120 cm³/mol. The van der Waals surface area contributed by atoms with Crippen LogP contribution in [0.5, 0.6) is 11.5 Å². The Morgan fingerprint density at radius 1 is 1.22 bits per heavy atom. The van der Waals surface area contributed by atoms with Crippen molar-refractivity contribution in [2.75, 3.05) is 18.4 Å². The highest BCUT2D eigenvalue weighted by Gasteiger charge is 2.26. The van der Waals surface area contributed by atoms with Gasteiger partial charge < -0.3 is 15.0 Å². The van der Waals surface area contributed by atoms with Crippen LogP contribution < -0.4 is 10.1 Å². The van der Waals surface area contributed by atoms with Crippen LogP contribution in [-0.2, 0) is 4.79 Å². The van der Waals surface area contributed by atoms with Gasteiger partial charge >= 0.3 is 0 Å². The first-order valence-electron chi connectivity index (χ1n) is 10.1. The van der Waals surface area contributed by atoms with Gasteiger partial charge in [0.2, 0.25) is 5.91 Å². The molecule has 2 heterocycles. The molecule has 32 heavy (non-hydrogen) atoms. The van der Waals surface area contributed by atoms with Crippen molar-refractivity contribution in [1.82, 2.24) is 14.9 Å². The van der Waals surface area contributed by atoms with Gasteiger partial charge in [-0.1, -0.05) is 24.8 Å². The SMILES string of the molecule is C=CC(=O)N1CCC(Nc2ncncc2C(=N)c2ccc(Oc3ccccc3)cc2F)C1. The first-order valence-corrected chi connectivity index (χ1v) is 10.1. The quantitative estimate of drug-likeness (QED) is 0.436. The third kappa shape index (κ3) is 4.64. The van der Waals surface area contributed by atoms with E-state index in [0.29, 0.717) is 36.0 Å². The number of carbonyl (C=O) groups excluding carboxylic acids is 1. The van der Waals surface area contributed by atoms with Gasteiger partial charge in [0.05, 0.1) is 11.3 Å². The van der Waals surface area contributed by atoms with E-state index in [1.54, 1.807) is 23.1 Å². The van der Waals surface area contributed by atoms with E-state index in [2.05, 4.69) is 21.9 Å². The van der Waals surface area contributed by atoms with Crippen molar-refractivity contribution in [3.63, 3.8) is 0 Å². The van der Waals surface area contributed by atoms with E-state index in [1.807, 2.05) is 18.2 Å². The van der Waals surface area contributed by atoms with Gasteiger partial charge in [0.1, 0.15) is 29.5 Å². The van der Waals surface area contributed by atoms with Crippen LogP contribution in [0.25, 0.3) is 0 Å². The fraction of sp³-hybridized carbons (Fsp3) is 0.167. The number of nitrogens with zero attached hydrogens (tertiary/aromatic N) is 3. The standard InChI is InChI=1S/C24H22FN5O2/c1-2-22(31)30-11-10-16(14-30)29-24-20(13-27-15-28-24)23(26)19-9-8-18(12-21(19)25)32-17-6-4-3-5-7-17/h2-9,12-13,15-16,26H,1,10-11,14H2,(H,27,28,29). The van der Waals surface area contributed by atoms with Crippen LogP contribution >= 0.6 is 0 Å². The number of hydrogen-bond donors (Lipinski definition) is 2. The summed E-state index contributed by atoms with van der Waals surface area (Å²) in [6.07, 6.45) is 4.87. The molecule has 2 N–H and O–H groups in total. The zero-order valence-electron chi connectivity index (χ0n) is 17.3. The van der Waals surface area contributed by atoms with Crippen molar-refractivity contribution in [2.24, 2.45) is 0 Å². The second-order valence-corrected chi connectivity index (χ2v) is 7.34. The number of aromatic nitrogens is 2. The van der Waals surface area contributed by atoms with Crippen molar-refractivity contribution in [2.45, 2.75) is 12.5 Å². The van der Waals surface area contributed by atoms with Gasteiger partial charge in [-0.2, -0.15) is 0 Å². The number of para-hydroxylation sites is 1. The summed E-state index contributed by atoms with van der Waals surface area (Å²) in [6.45, 7) is 4.63. The summed E-state index contributed by atoms with van der Waals surface area (Å²) >= 11 is 0. The lowest BCUT2D eigenvalue weighted by Crippen LogP contribution is -2.30. The third-order valence-electron chi connectivity index (χ3n) is 5.19.